The molecule has 1 heterocycles. The SMILES string of the molecule is CC(C)N(C(=O)c1c(-c2cccc([C@@H]3O[C@H](c4ccccc4)[C@H](C)N3C)c2C(=O)N(C(C)C)C(C)C)cccc1[C@@H](O)c1ccccc1)C(C)C. The number of ether oxygens (including phenoxy) is 1. The Kier molecular flexibility index (Phi) is 11.9. The molecule has 1 N–H and O–H groups in total. The van der Waals surface area contributed by atoms with Gasteiger partial charge in [0.05, 0.1) is 11.1 Å². The Hall–Kier alpha value is -4.30. The highest BCUT2D eigenvalue weighted by Crippen LogP contribution is 2.45. The standard InChI is InChI=1S/C44H55N3O4/c1-27(2)46(28(3)4)42(49)38-34(23-17-25-36(38)40(48)32-19-13-11-14-20-32)35-24-18-26-37(39(35)43(50)47(29(5)6)30(7)8)44-45(10)31(9)41(51-44)33-21-15-12-16-22-33/h11-31,40-41,44,48H,1-10H3/t31-,40-,41-,44-/m0/s1. The van der Waals surface area contributed by atoms with E-state index in [1.807, 2.05) is 157 Å². The first kappa shape index (κ1) is 37.9. The number of likely N-dealkylation sites (N-methyl/N-ethyl adjacent to an activating group) is 1. The Labute approximate surface area is 304 Å². The third kappa shape index (κ3) is 7.52. The van der Waals surface area contributed by atoms with Gasteiger partial charge in [0, 0.05) is 35.8 Å². The molecule has 7 nitrogen and oxygen atoms in total. The molecule has 4 aromatic rings. The summed E-state index contributed by atoms with van der Waals surface area (Å²) in [4.78, 5) is 36.0. The number of carbonyl (C=O) groups excluding carboxylic acids is 2. The molecule has 0 radical (unpaired) electrons. The summed E-state index contributed by atoms with van der Waals surface area (Å²) >= 11 is 0. The van der Waals surface area contributed by atoms with E-state index in [2.05, 4.69) is 24.0 Å². The molecular formula is C44H55N3O4. The number of aliphatic hydroxyl groups excluding tert-OH is 1. The minimum Gasteiger partial charge on any atom is -0.384 e. The summed E-state index contributed by atoms with van der Waals surface area (Å²) in [6.07, 6.45) is -1.79. The average molecular weight is 690 g/mol. The van der Waals surface area contributed by atoms with E-state index in [1.165, 1.54) is 0 Å². The molecule has 4 atom stereocenters. The number of rotatable bonds is 11. The van der Waals surface area contributed by atoms with E-state index in [0.29, 0.717) is 33.4 Å². The van der Waals surface area contributed by atoms with Crippen LogP contribution < -0.4 is 0 Å². The van der Waals surface area contributed by atoms with Crippen molar-refractivity contribution in [3.05, 3.63) is 130 Å². The van der Waals surface area contributed by atoms with E-state index in [-0.39, 0.29) is 48.1 Å². The number of hydrogen-bond acceptors (Lipinski definition) is 5. The maximum absolute atomic E-state index is 15.1. The Morgan fingerprint density at radius 3 is 1.65 bits per heavy atom. The number of aliphatic hydroxyl groups is 1. The molecule has 0 aromatic heterocycles. The monoisotopic (exact) mass is 689 g/mol. The van der Waals surface area contributed by atoms with Crippen LogP contribution in [0.3, 0.4) is 0 Å². The summed E-state index contributed by atoms with van der Waals surface area (Å²) in [7, 11) is 2.04. The zero-order valence-electron chi connectivity index (χ0n) is 31.9. The van der Waals surface area contributed by atoms with Gasteiger partial charge in [-0.3, -0.25) is 14.5 Å². The summed E-state index contributed by atoms with van der Waals surface area (Å²) in [6.45, 7) is 18.3. The van der Waals surface area contributed by atoms with Crippen LogP contribution in [-0.4, -0.2) is 68.9 Å². The highest BCUT2D eigenvalue weighted by Gasteiger charge is 2.42. The average Bonchev–Trinajstić information content (AvgIpc) is 3.40. The van der Waals surface area contributed by atoms with Gasteiger partial charge in [-0.2, -0.15) is 0 Å². The van der Waals surface area contributed by atoms with Crippen molar-refractivity contribution >= 4 is 11.8 Å². The van der Waals surface area contributed by atoms with Gasteiger partial charge in [0.25, 0.3) is 11.8 Å². The van der Waals surface area contributed by atoms with Crippen molar-refractivity contribution in [2.24, 2.45) is 0 Å². The van der Waals surface area contributed by atoms with Crippen LogP contribution >= 0.6 is 0 Å². The molecule has 0 unspecified atom stereocenters. The summed E-state index contributed by atoms with van der Waals surface area (Å²) in [5, 5.41) is 11.9. The van der Waals surface area contributed by atoms with Gasteiger partial charge < -0.3 is 19.6 Å². The Bertz CT molecular complexity index is 1790. The number of benzene rings is 4. The molecule has 4 aromatic carbocycles. The molecule has 0 aliphatic carbocycles. The second-order valence-electron chi connectivity index (χ2n) is 14.9. The van der Waals surface area contributed by atoms with Crippen LogP contribution in [0, 0.1) is 0 Å². The van der Waals surface area contributed by atoms with Crippen molar-refractivity contribution in [3.8, 4) is 11.1 Å². The predicted octanol–water partition coefficient (Wildman–Crippen LogP) is 9.04. The van der Waals surface area contributed by atoms with Gasteiger partial charge in [-0.25, -0.2) is 0 Å². The second-order valence-corrected chi connectivity index (χ2v) is 14.9. The van der Waals surface area contributed by atoms with Crippen LogP contribution in [0.4, 0.5) is 0 Å². The summed E-state index contributed by atoms with van der Waals surface area (Å²) in [6, 6.07) is 30.7. The fraction of sp³-hybridized carbons (Fsp3) is 0.409. The smallest absolute Gasteiger partial charge is 0.255 e. The van der Waals surface area contributed by atoms with Crippen LogP contribution in [-0.2, 0) is 4.74 Å². The van der Waals surface area contributed by atoms with Crippen molar-refractivity contribution in [3.63, 3.8) is 0 Å². The molecule has 1 saturated heterocycles. The van der Waals surface area contributed by atoms with Gasteiger partial charge in [0.1, 0.15) is 18.4 Å². The molecule has 270 valence electrons. The Balaban J connectivity index is 1.81. The van der Waals surface area contributed by atoms with Crippen LogP contribution in [0.2, 0.25) is 0 Å². The molecule has 1 aliphatic rings. The van der Waals surface area contributed by atoms with E-state index in [0.717, 1.165) is 11.1 Å². The van der Waals surface area contributed by atoms with Crippen LogP contribution in [0.15, 0.2) is 97.1 Å². The zero-order chi connectivity index (χ0) is 37.1. The third-order valence-electron chi connectivity index (χ3n) is 10.1. The van der Waals surface area contributed by atoms with Gasteiger partial charge in [0.15, 0.2) is 0 Å². The molecule has 0 bridgehead atoms. The van der Waals surface area contributed by atoms with Crippen molar-refractivity contribution in [2.75, 3.05) is 7.05 Å². The van der Waals surface area contributed by atoms with Gasteiger partial charge in [-0.15, -0.1) is 0 Å². The predicted molar refractivity (Wildman–Crippen MR) is 205 cm³/mol. The molecule has 0 spiro atoms. The molecule has 5 rings (SSSR count). The lowest BCUT2D eigenvalue weighted by Gasteiger charge is -2.35. The van der Waals surface area contributed by atoms with Gasteiger partial charge >= 0.3 is 0 Å². The Morgan fingerprint density at radius 2 is 1.12 bits per heavy atom. The van der Waals surface area contributed by atoms with Crippen molar-refractivity contribution < 1.29 is 19.4 Å². The highest BCUT2D eigenvalue weighted by molar-refractivity contribution is 6.08. The molecule has 1 aliphatic heterocycles. The molecular weight excluding hydrogens is 635 g/mol. The quantitative estimate of drug-likeness (QED) is 0.170. The van der Waals surface area contributed by atoms with Gasteiger partial charge in [-0.05, 0) is 97.2 Å². The largest absolute Gasteiger partial charge is 0.384 e. The van der Waals surface area contributed by atoms with Gasteiger partial charge in [-0.1, -0.05) is 97.1 Å². The number of nitrogens with zero attached hydrogens (tertiary/aromatic N) is 3. The maximum atomic E-state index is 15.1. The first-order valence-corrected chi connectivity index (χ1v) is 18.3. The Morgan fingerprint density at radius 1 is 0.647 bits per heavy atom. The maximum Gasteiger partial charge on any atom is 0.255 e. The van der Waals surface area contributed by atoms with Gasteiger partial charge in [0.2, 0.25) is 0 Å². The topological polar surface area (TPSA) is 73.3 Å². The lowest BCUT2D eigenvalue weighted by Crippen LogP contribution is -2.43. The van der Waals surface area contributed by atoms with E-state index in [1.54, 1.807) is 0 Å². The lowest BCUT2D eigenvalue weighted by atomic mass is 9.85. The highest BCUT2D eigenvalue weighted by atomic mass is 16.5. The van der Waals surface area contributed by atoms with E-state index in [9.17, 15) is 9.90 Å². The first-order chi connectivity index (χ1) is 24.3. The number of hydrogen-bond donors (Lipinski definition) is 1. The zero-order valence-corrected chi connectivity index (χ0v) is 31.9. The fourth-order valence-electron chi connectivity index (χ4n) is 7.77. The molecule has 1 fully saturated rings. The van der Waals surface area contributed by atoms with Crippen molar-refractivity contribution in [1.29, 1.82) is 0 Å². The fourth-order valence-corrected chi connectivity index (χ4v) is 7.77. The number of carbonyl (C=O) groups is 2. The van der Waals surface area contributed by atoms with Crippen LogP contribution in [0.1, 0.15) is 124 Å². The minimum absolute atomic E-state index is 0.0300. The molecule has 7 heteroatoms. The lowest BCUT2D eigenvalue weighted by molar-refractivity contribution is 0.00459. The summed E-state index contributed by atoms with van der Waals surface area (Å²) in [5.74, 6) is -0.323. The third-order valence-corrected chi connectivity index (χ3v) is 10.1. The second kappa shape index (κ2) is 15.9. The number of amides is 2. The molecule has 2 amide bonds. The normalized spacial score (nSPS) is 18.5. The summed E-state index contributed by atoms with van der Waals surface area (Å²) < 4.78 is 6.88. The van der Waals surface area contributed by atoms with Crippen molar-refractivity contribution in [1.82, 2.24) is 14.7 Å². The first-order valence-electron chi connectivity index (χ1n) is 18.3. The summed E-state index contributed by atoms with van der Waals surface area (Å²) in [5.41, 5.74) is 5.12. The molecule has 0 saturated carbocycles. The van der Waals surface area contributed by atoms with E-state index in [4.69, 9.17) is 4.74 Å². The van der Waals surface area contributed by atoms with E-state index >= 15 is 4.79 Å². The minimum atomic E-state index is -1.06. The van der Waals surface area contributed by atoms with Crippen LogP contribution in [0.25, 0.3) is 11.1 Å². The van der Waals surface area contributed by atoms with Crippen LogP contribution in [0.5, 0.6) is 0 Å². The van der Waals surface area contributed by atoms with Crippen molar-refractivity contribution in [2.45, 2.75) is 111 Å². The molecule has 51 heavy (non-hydrogen) atoms. The van der Waals surface area contributed by atoms with E-state index < -0.39 is 12.3 Å².